The molecule has 0 spiro atoms. The van der Waals surface area contributed by atoms with Gasteiger partial charge in [0, 0.05) is 11.4 Å². The Morgan fingerprint density at radius 3 is 3.00 bits per heavy atom. The zero-order valence-electron chi connectivity index (χ0n) is 8.53. The number of ether oxygens (including phenoxy) is 1. The van der Waals surface area contributed by atoms with Crippen LogP contribution < -0.4 is 5.32 Å². The third-order valence-corrected chi connectivity index (χ3v) is 2.90. The van der Waals surface area contributed by atoms with Crippen molar-refractivity contribution in [1.82, 2.24) is 10.3 Å². The molecule has 1 aromatic heterocycles. The number of methoxy groups -OCH3 is 1. The summed E-state index contributed by atoms with van der Waals surface area (Å²) >= 11 is 1.59. The van der Waals surface area contributed by atoms with Crippen LogP contribution in [0.25, 0.3) is 0 Å². The number of thiazole rings is 1. The second kappa shape index (κ2) is 5.07. The van der Waals surface area contributed by atoms with Gasteiger partial charge >= 0.3 is 5.97 Å². The van der Waals surface area contributed by atoms with E-state index in [1.165, 1.54) is 7.11 Å². The van der Waals surface area contributed by atoms with E-state index < -0.39 is 0 Å². The van der Waals surface area contributed by atoms with Crippen molar-refractivity contribution in [1.29, 1.82) is 0 Å². The predicted octanol–water partition coefficient (Wildman–Crippen LogP) is 1.10. The summed E-state index contributed by atoms with van der Waals surface area (Å²) in [5.41, 5.74) is 2.81. The zero-order chi connectivity index (χ0) is 10.6. The van der Waals surface area contributed by atoms with Crippen LogP contribution in [0.5, 0.6) is 0 Å². The molecule has 0 aromatic carbocycles. The largest absolute Gasteiger partial charge is 0.468 e. The summed E-state index contributed by atoms with van der Waals surface area (Å²) in [5, 5.41) is 3.07. The molecule has 0 amide bonds. The fourth-order valence-corrected chi connectivity index (χ4v) is 1.73. The first-order valence-corrected chi connectivity index (χ1v) is 5.23. The van der Waals surface area contributed by atoms with Crippen molar-refractivity contribution in [3.8, 4) is 0 Å². The summed E-state index contributed by atoms with van der Waals surface area (Å²) < 4.78 is 4.60. The molecule has 0 bridgehead atoms. The Labute approximate surface area is 87.3 Å². The first-order chi connectivity index (χ1) is 6.65. The van der Waals surface area contributed by atoms with Crippen LogP contribution in [-0.2, 0) is 16.1 Å². The number of hydrogen-bond donors (Lipinski definition) is 1. The summed E-state index contributed by atoms with van der Waals surface area (Å²) in [7, 11) is 1.39. The molecule has 78 valence electrons. The highest BCUT2D eigenvalue weighted by Gasteiger charge is 2.12. The highest BCUT2D eigenvalue weighted by Crippen LogP contribution is 2.11. The van der Waals surface area contributed by atoms with Gasteiger partial charge in [0.25, 0.3) is 0 Å². The van der Waals surface area contributed by atoms with Gasteiger partial charge in [0.05, 0.1) is 18.3 Å². The first kappa shape index (κ1) is 11.1. The van der Waals surface area contributed by atoms with Gasteiger partial charge in [-0.05, 0) is 13.8 Å². The zero-order valence-corrected chi connectivity index (χ0v) is 9.35. The molecule has 0 radical (unpaired) electrons. The van der Waals surface area contributed by atoms with E-state index in [1.807, 2.05) is 6.92 Å². The van der Waals surface area contributed by atoms with Gasteiger partial charge in [-0.25, -0.2) is 4.98 Å². The number of rotatable bonds is 4. The van der Waals surface area contributed by atoms with Gasteiger partial charge in [0.15, 0.2) is 0 Å². The van der Waals surface area contributed by atoms with E-state index in [2.05, 4.69) is 15.0 Å². The molecule has 5 heteroatoms. The third-order valence-electron chi connectivity index (χ3n) is 1.97. The fourth-order valence-electron chi connectivity index (χ4n) is 1.00. The van der Waals surface area contributed by atoms with Crippen LogP contribution in [0.3, 0.4) is 0 Å². The van der Waals surface area contributed by atoms with Gasteiger partial charge < -0.3 is 4.74 Å². The maximum absolute atomic E-state index is 11.1. The molecule has 1 aromatic rings. The fraction of sp³-hybridized carbons (Fsp3) is 0.556. The second-order valence-electron chi connectivity index (χ2n) is 2.99. The molecule has 0 aliphatic carbocycles. The second-order valence-corrected chi connectivity index (χ2v) is 3.93. The minimum atomic E-state index is -0.276. The van der Waals surface area contributed by atoms with E-state index in [4.69, 9.17) is 0 Å². The predicted molar refractivity (Wildman–Crippen MR) is 55.2 cm³/mol. The number of aromatic nitrogens is 1. The normalized spacial score (nSPS) is 12.5. The maximum atomic E-state index is 11.1. The number of esters is 1. The molecule has 4 nitrogen and oxygen atoms in total. The number of aryl methyl sites for hydroxylation is 1. The summed E-state index contributed by atoms with van der Waals surface area (Å²) in [6.07, 6.45) is 0. The Morgan fingerprint density at radius 2 is 2.50 bits per heavy atom. The molecule has 1 heterocycles. The Morgan fingerprint density at radius 1 is 1.79 bits per heavy atom. The van der Waals surface area contributed by atoms with E-state index in [0.29, 0.717) is 6.54 Å². The van der Waals surface area contributed by atoms with E-state index in [0.717, 1.165) is 10.6 Å². The van der Waals surface area contributed by atoms with Gasteiger partial charge in [-0.15, -0.1) is 11.3 Å². The van der Waals surface area contributed by atoms with Crippen molar-refractivity contribution >= 4 is 17.3 Å². The van der Waals surface area contributed by atoms with Crippen molar-refractivity contribution in [3.63, 3.8) is 0 Å². The van der Waals surface area contributed by atoms with Crippen molar-refractivity contribution in [2.24, 2.45) is 0 Å². The van der Waals surface area contributed by atoms with E-state index >= 15 is 0 Å². The standard InChI is InChI=1S/C9H14N2O2S/c1-6-8(14-5-11-6)4-10-7(2)9(12)13-3/h5,7,10H,4H2,1-3H3/t7-/m0/s1. The lowest BCUT2D eigenvalue weighted by atomic mass is 10.3. The van der Waals surface area contributed by atoms with Crippen LogP contribution in [0.1, 0.15) is 17.5 Å². The lowest BCUT2D eigenvalue weighted by Gasteiger charge is -2.10. The van der Waals surface area contributed by atoms with Crippen LogP contribution in [0.4, 0.5) is 0 Å². The van der Waals surface area contributed by atoms with Crippen molar-refractivity contribution < 1.29 is 9.53 Å². The van der Waals surface area contributed by atoms with Gasteiger partial charge in [-0.3, -0.25) is 10.1 Å². The lowest BCUT2D eigenvalue weighted by Crippen LogP contribution is -2.34. The molecule has 14 heavy (non-hydrogen) atoms. The highest BCUT2D eigenvalue weighted by molar-refractivity contribution is 7.09. The topological polar surface area (TPSA) is 51.2 Å². The number of nitrogens with one attached hydrogen (secondary N) is 1. The third kappa shape index (κ3) is 2.78. The molecule has 0 aliphatic heterocycles. The van der Waals surface area contributed by atoms with Crippen LogP contribution in [0.2, 0.25) is 0 Å². The Bertz CT molecular complexity index is 312. The van der Waals surface area contributed by atoms with Crippen molar-refractivity contribution in [2.45, 2.75) is 26.4 Å². The number of carbonyl (C=O) groups is 1. The molecule has 0 unspecified atom stereocenters. The summed E-state index contributed by atoms with van der Waals surface area (Å²) in [5.74, 6) is -0.243. The molecule has 1 N–H and O–H groups in total. The van der Waals surface area contributed by atoms with Crippen LogP contribution in [0.15, 0.2) is 5.51 Å². The monoisotopic (exact) mass is 214 g/mol. The molecule has 0 saturated heterocycles. The molecule has 1 rings (SSSR count). The molecule has 1 atom stereocenters. The van der Waals surface area contributed by atoms with Gasteiger partial charge in [0.2, 0.25) is 0 Å². The molecular weight excluding hydrogens is 200 g/mol. The SMILES string of the molecule is COC(=O)[C@H](C)NCc1scnc1C. The number of carbonyl (C=O) groups excluding carboxylic acids is 1. The smallest absolute Gasteiger partial charge is 0.322 e. The van der Waals surface area contributed by atoms with Crippen LogP contribution >= 0.6 is 11.3 Å². The minimum absolute atomic E-state index is 0.243. The van der Waals surface area contributed by atoms with E-state index in [1.54, 1.807) is 23.8 Å². The van der Waals surface area contributed by atoms with Crippen LogP contribution in [0, 0.1) is 6.92 Å². The van der Waals surface area contributed by atoms with Gasteiger partial charge in [-0.2, -0.15) is 0 Å². The highest BCUT2D eigenvalue weighted by atomic mass is 32.1. The molecule has 0 fully saturated rings. The quantitative estimate of drug-likeness (QED) is 0.763. The minimum Gasteiger partial charge on any atom is -0.468 e. The van der Waals surface area contributed by atoms with Gasteiger partial charge in [-0.1, -0.05) is 0 Å². The number of nitrogens with zero attached hydrogens (tertiary/aromatic N) is 1. The summed E-state index contributed by atoms with van der Waals surface area (Å²) in [4.78, 5) is 16.3. The van der Waals surface area contributed by atoms with E-state index in [9.17, 15) is 4.79 Å². The average Bonchev–Trinajstić information content (AvgIpc) is 2.59. The summed E-state index contributed by atoms with van der Waals surface area (Å²) in [6.45, 7) is 4.39. The van der Waals surface area contributed by atoms with Crippen molar-refractivity contribution in [3.05, 3.63) is 16.1 Å². The van der Waals surface area contributed by atoms with E-state index in [-0.39, 0.29) is 12.0 Å². The molecule has 0 aliphatic rings. The Kier molecular flexibility index (Phi) is 4.03. The lowest BCUT2D eigenvalue weighted by molar-refractivity contribution is -0.142. The molecular formula is C9H14N2O2S. The number of hydrogen-bond acceptors (Lipinski definition) is 5. The maximum Gasteiger partial charge on any atom is 0.322 e. The van der Waals surface area contributed by atoms with Crippen LogP contribution in [-0.4, -0.2) is 24.1 Å². The summed E-state index contributed by atoms with van der Waals surface area (Å²) in [6, 6.07) is -0.276. The van der Waals surface area contributed by atoms with Crippen molar-refractivity contribution in [2.75, 3.05) is 7.11 Å². The Balaban J connectivity index is 2.41. The van der Waals surface area contributed by atoms with Gasteiger partial charge in [0.1, 0.15) is 6.04 Å². The average molecular weight is 214 g/mol. The molecule has 0 saturated carbocycles. The first-order valence-electron chi connectivity index (χ1n) is 4.35. The Hall–Kier alpha value is -0.940.